The summed E-state index contributed by atoms with van der Waals surface area (Å²) >= 11 is 0. The minimum absolute atomic E-state index is 0.381. The van der Waals surface area contributed by atoms with Gasteiger partial charge in [-0.15, -0.1) is 0 Å². The van der Waals surface area contributed by atoms with Gasteiger partial charge in [0.2, 0.25) is 0 Å². The smallest absolute Gasteiger partial charge is 0.00410 e. The Morgan fingerprint density at radius 2 is 1.25 bits per heavy atom. The molecule has 0 saturated carbocycles. The summed E-state index contributed by atoms with van der Waals surface area (Å²) in [4.78, 5) is 0. The van der Waals surface area contributed by atoms with Gasteiger partial charge in [-0.3, -0.25) is 0 Å². The maximum atomic E-state index is 3.56. The van der Waals surface area contributed by atoms with Crippen LogP contribution in [0.15, 0.2) is 24.3 Å². The fourth-order valence-electron chi connectivity index (χ4n) is 4.23. The third-order valence-electron chi connectivity index (χ3n) is 5.50. The van der Waals surface area contributed by atoms with E-state index < -0.39 is 0 Å². The maximum Gasteiger partial charge on any atom is -0.00410 e. The number of hydrogen-bond acceptors (Lipinski definition) is 0. The molecule has 0 amide bonds. The van der Waals surface area contributed by atoms with Crippen molar-refractivity contribution >= 4 is 0 Å². The number of unbranched alkanes of at least 4 members (excludes halogenated alkanes) is 8. The molecule has 0 aromatic heterocycles. The van der Waals surface area contributed by atoms with Crippen LogP contribution in [-0.4, -0.2) is 0 Å². The van der Waals surface area contributed by atoms with E-state index in [2.05, 4.69) is 51.1 Å². The number of hydrogen-bond donors (Lipinski definition) is 0. The third kappa shape index (κ3) is 7.86. The van der Waals surface area contributed by atoms with E-state index in [9.17, 15) is 0 Å². The Hall–Kier alpha value is -0.780. The second kappa shape index (κ2) is 13.5. The molecule has 0 aliphatic carbocycles. The summed E-state index contributed by atoms with van der Waals surface area (Å²) in [6, 6.07) is 12.3. The molecule has 0 N–H and O–H groups in total. The van der Waals surface area contributed by atoms with Crippen LogP contribution in [0.4, 0.5) is 0 Å². The lowest BCUT2D eigenvalue weighted by atomic mass is 9.70. The van der Waals surface area contributed by atoms with Gasteiger partial charge < -0.3 is 0 Å². The Kier molecular flexibility index (Phi) is 12.0. The van der Waals surface area contributed by atoms with Gasteiger partial charge in [-0.05, 0) is 36.3 Å². The first-order valence-electron chi connectivity index (χ1n) is 10.8. The van der Waals surface area contributed by atoms with E-state index in [1.54, 1.807) is 0 Å². The van der Waals surface area contributed by atoms with E-state index in [0.717, 1.165) is 0 Å². The van der Waals surface area contributed by atoms with Crippen LogP contribution >= 0.6 is 0 Å². The Morgan fingerprint density at radius 1 is 0.667 bits per heavy atom. The molecular weight excluding hydrogens is 288 g/mol. The van der Waals surface area contributed by atoms with Crippen molar-refractivity contribution < 1.29 is 0 Å². The predicted octanol–water partition coefficient (Wildman–Crippen LogP) is 8.25. The van der Waals surface area contributed by atoms with Crippen LogP contribution in [0.25, 0.3) is 0 Å². The molecule has 0 saturated heterocycles. The predicted molar refractivity (Wildman–Crippen MR) is 109 cm³/mol. The molecule has 1 rings (SSSR count). The van der Waals surface area contributed by atoms with Crippen molar-refractivity contribution in [3.05, 3.63) is 35.9 Å². The lowest BCUT2D eigenvalue weighted by molar-refractivity contribution is 0.316. The van der Waals surface area contributed by atoms with Gasteiger partial charge in [0.1, 0.15) is 0 Å². The summed E-state index contributed by atoms with van der Waals surface area (Å²) in [5, 5.41) is 0. The van der Waals surface area contributed by atoms with Crippen LogP contribution in [0.1, 0.15) is 116 Å². The van der Waals surface area contributed by atoms with E-state index in [0.29, 0.717) is 5.41 Å². The Morgan fingerprint density at radius 3 is 1.75 bits per heavy atom. The fourth-order valence-corrected chi connectivity index (χ4v) is 4.23. The molecule has 0 aliphatic rings. The first-order valence-corrected chi connectivity index (χ1v) is 10.8. The molecule has 24 heavy (non-hydrogen) atoms. The van der Waals surface area contributed by atoms with Crippen molar-refractivity contribution in [2.24, 2.45) is 0 Å². The number of benzene rings is 1. The fraction of sp³-hybridized carbons (Fsp3) is 0.750. The zero-order valence-electron chi connectivity index (χ0n) is 16.7. The van der Waals surface area contributed by atoms with Crippen molar-refractivity contribution in [3.8, 4) is 0 Å². The summed E-state index contributed by atoms with van der Waals surface area (Å²) in [7, 11) is 0. The van der Waals surface area contributed by atoms with Gasteiger partial charge >= 0.3 is 0 Å². The zero-order chi connectivity index (χ0) is 17.5. The molecule has 1 aromatic rings. The Labute approximate surface area is 152 Å². The standard InChI is InChI=1S/C24H41/c1-4-7-8-9-10-11-12-13-17-22-24(20-5-2,21-6-3)23-18-15-14-16-19-23/h14-16,18H,4-13,17,20-22H2,1-3H3. The zero-order valence-corrected chi connectivity index (χ0v) is 16.7. The second-order valence-corrected chi connectivity index (χ2v) is 7.64. The van der Waals surface area contributed by atoms with Crippen LogP contribution < -0.4 is 0 Å². The Bertz CT molecular complexity index is 372. The van der Waals surface area contributed by atoms with Crippen molar-refractivity contribution in [1.29, 1.82) is 0 Å². The molecule has 0 atom stereocenters. The molecule has 0 heteroatoms. The summed E-state index contributed by atoms with van der Waals surface area (Å²) in [6.07, 6.45) is 19.3. The quantitative estimate of drug-likeness (QED) is 0.284. The lowest BCUT2D eigenvalue weighted by Crippen LogP contribution is -2.26. The van der Waals surface area contributed by atoms with Gasteiger partial charge in [-0.25, -0.2) is 0 Å². The van der Waals surface area contributed by atoms with Crippen molar-refractivity contribution in [2.75, 3.05) is 0 Å². The van der Waals surface area contributed by atoms with Gasteiger partial charge in [0, 0.05) is 0 Å². The molecule has 1 aromatic carbocycles. The molecule has 1 radical (unpaired) electrons. The SMILES string of the molecule is CCCCCCCCCCCC(CCC)(CCC)c1[c]cccc1. The van der Waals surface area contributed by atoms with E-state index in [4.69, 9.17) is 0 Å². The molecule has 0 nitrogen and oxygen atoms in total. The Balaban J connectivity index is 2.40. The highest BCUT2D eigenvalue weighted by molar-refractivity contribution is 5.24. The first-order chi connectivity index (χ1) is 11.8. The number of rotatable bonds is 15. The molecule has 0 bridgehead atoms. The topological polar surface area (TPSA) is 0 Å². The highest BCUT2D eigenvalue weighted by atomic mass is 14.3. The van der Waals surface area contributed by atoms with E-state index in [-0.39, 0.29) is 0 Å². The monoisotopic (exact) mass is 329 g/mol. The summed E-state index contributed by atoms with van der Waals surface area (Å²) < 4.78 is 0. The molecule has 0 aliphatic heterocycles. The van der Waals surface area contributed by atoms with Crippen LogP contribution in [0.5, 0.6) is 0 Å². The van der Waals surface area contributed by atoms with Crippen LogP contribution in [0, 0.1) is 6.07 Å². The average Bonchev–Trinajstić information content (AvgIpc) is 2.61. The molecule has 0 heterocycles. The normalized spacial score (nSPS) is 11.8. The van der Waals surface area contributed by atoms with Gasteiger partial charge in [0.25, 0.3) is 0 Å². The van der Waals surface area contributed by atoms with Gasteiger partial charge in [0.15, 0.2) is 0 Å². The van der Waals surface area contributed by atoms with Gasteiger partial charge in [-0.2, -0.15) is 0 Å². The van der Waals surface area contributed by atoms with Crippen LogP contribution in [-0.2, 0) is 5.41 Å². The van der Waals surface area contributed by atoms with E-state index in [1.165, 1.54) is 95.5 Å². The van der Waals surface area contributed by atoms with E-state index >= 15 is 0 Å². The average molecular weight is 330 g/mol. The van der Waals surface area contributed by atoms with E-state index in [1.807, 2.05) is 0 Å². The van der Waals surface area contributed by atoms with Crippen molar-refractivity contribution in [1.82, 2.24) is 0 Å². The van der Waals surface area contributed by atoms with Crippen LogP contribution in [0.3, 0.4) is 0 Å². The minimum atomic E-state index is 0.381. The summed E-state index contributed by atoms with van der Waals surface area (Å²) in [5.41, 5.74) is 1.85. The largest absolute Gasteiger partial charge is 0.0654 e. The molecule has 0 unspecified atom stereocenters. The maximum absolute atomic E-state index is 3.56. The summed E-state index contributed by atoms with van der Waals surface area (Å²) in [6.45, 7) is 6.97. The highest BCUT2D eigenvalue weighted by Gasteiger charge is 2.29. The molecule has 0 spiro atoms. The van der Waals surface area contributed by atoms with Gasteiger partial charge in [0.05, 0.1) is 0 Å². The lowest BCUT2D eigenvalue weighted by Gasteiger charge is -2.34. The van der Waals surface area contributed by atoms with Crippen molar-refractivity contribution in [2.45, 2.75) is 116 Å². The third-order valence-corrected chi connectivity index (χ3v) is 5.50. The highest BCUT2D eigenvalue weighted by Crippen LogP contribution is 2.39. The van der Waals surface area contributed by atoms with Crippen LogP contribution in [0.2, 0.25) is 0 Å². The minimum Gasteiger partial charge on any atom is -0.0654 e. The first kappa shape index (κ1) is 21.3. The molecule has 0 fully saturated rings. The summed E-state index contributed by atoms with van der Waals surface area (Å²) in [5.74, 6) is 0. The van der Waals surface area contributed by atoms with Gasteiger partial charge in [-0.1, -0.05) is 116 Å². The molecular formula is C24H41. The second-order valence-electron chi connectivity index (χ2n) is 7.64. The van der Waals surface area contributed by atoms with Crippen molar-refractivity contribution in [3.63, 3.8) is 0 Å². The molecule has 137 valence electrons.